The summed E-state index contributed by atoms with van der Waals surface area (Å²) in [5, 5.41) is 9.89. The largest absolute Gasteiger partial charge is 0.480 e. The molecule has 1 unspecified atom stereocenters. The third-order valence-electron chi connectivity index (χ3n) is 3.01. The first-order chi connectivity index (χ1) is 9.00. The Morgan fingerprint density at radius 3 is 2.84 bits per heavy atom. The fourth-order valence-electron chi connectivity index (χ4n) is 2.23. The maximum Gasteiger partial charge on any atom is 0.317 e. The number of nitrogens with zero attached hydrogens (tertiary/aromatic N) is 1. The number of aliphatic carboxylic acids is 1. The van der Waals surface area contributed by atoms with Crippen LogP contribution in [0, 0.1) is 0 Å². The summed E-state index contributed by atoms with van der Waals surface area (Å²) < 4.78 is 0. The van der Waals surface area contributed by atoms with E-state index < -0.39 is 12.0 Å². The second-order valence-corrected chi connectivity index (χ2v) is 4.87. The number of hydrogen-bond acceptors (Lipinski definition) is 3. The summed E-state index contributed by atoms with van der Waals surface area (Å²) in [6, 6.07) is 7.36. The summed E-state index contributed by atoms with van der Waals surface area (Å²) >= 11 is 5.09. The van der Waals surface area contributed by atoms with E-state index in [-0.39, 0.29) is 11.5 Å². The van der Waals surface area contributed by atoms with E-state index >= 15 is 0 Å². The molecule has 1 heterocycles. The van der Waals surface area contributed by atoms with Gasteiger partial charge in [0, 0.05) is 22.7 Å². The molecule has 4 N–H and O–H groups in total. The Morgan fingerprint density at radius 2 is 2.21 bits per heavy atom. The van der Waals surface area contributed by atoms with Gasteiger partial charge in [0.2, 0.25) is 0 Å². The number of carboxylic acid groups (broad SMARTS) is 1. The molecule has 1 aromatic carbocycles. The van der Waals surface area contributed by atoms with E-state index in [1.54, 1.807) is 11.9 Å². The molecule has 0 aliphatic heterocycles. The molecule has 6 heteroatoms. The number of thiocarbonyl (C=S) groups is 1. The third kappa shape index (κ3) is 2.74. The van der Waals surface area contributed by atoms with Crippen LogP contribution in [0.25, 0.3) is 10.9 Å². The second-order valence-electron chi connectivity index (χ2n) is 4.40. The minimum atomic E-state index is -0.913. The minimum absolute atomic E-state index is 0.123. The molecular formula is C13H15N3O2S. The molecule has 0 aliphatic carbocycles. The number of para-hydroxylation sites is 1. The summed E-state index contributed by atoms with van der Waals surface area (Å²) in [4.78, 5) is 15.9. The predicted molar refractivity (Wildman–Crippen MR) is 78.1 cm³/mol. The van der Waals surface area contributed by atoms with Gasteiger partial charge in [-0.15, -0.1) is 0 Å². The van der Waals surface area contributed by atoms with E-state index in [0.29, 0.717) is 0 Å². The van der Waals surface area contributed by atoms with E-state index in [9.17, 15) is 4.79 Å². The maximum absolute atomic E-state index is 10.8. The first kappa shape index (κ1) is 13.5. The van der Waals surface area contributed by atoms with Crippen LogP contribution in [0.4, 0.5) is 0 Å². The summed E-state index contributed by atoms with van der Waals surface area (Å²) in [5.41, 5.74) is 7.65. The van der Waals surface area contributed by atoms with Crippen LogP contribution in [0.1, 0.15) is 11.6 Å². The molecule has 19 heavy (non-hydrogen) atoms. The molecule has 0 spiro atoms. The summed E-state index contributed by atoms with van der Waals surface area (Å²) in [6.07, 6.45) is 1.83. The highest BCUT2D eigenvalue weighted by Crippen LogP contribution is 2.27. The quantitative estimate of drug-likeness (QED) is 0.722. The lowest BCUT2D eigenvalue weighted by Crippen LogP contribution is -2.37. The average molecular weight is 277 g/mol. The van der Waals surface area contributed by atoms with Gasteiger partial charge in [-0.05, 0) is 13.1 Å². The van der Waals surface area contributed by atoms with Gasteiger partial charge < -0.3 is 15.8 Å². The number of aromatic nitrogens is 1. The van der Waals surface area contributed by atoms with Gasteiger partial charge in [0.05, 0.1) is 17.6 Å². The normalized spacial score (nSPS) is 12.7. The lowest BCUT2D eigenvalue weighted by atomic mass is 10.0. The molecule has 2 rings (SSSR count). The number of fused-ring (bicyclic) bond motifs is 1. The van der Waals surface area contributed by atoms with Gasteiger partial charge in [-0.2, -0.15) is 0 Å². The Morgan fingerprint density at radius 1 is 1.53 bits per heavy atom. The van der Waals surface area contributed by atoms with Gasteiger partial charge in [0.15, 0.2) is 0 Å². The van der Waals surface area contributed by atoms with Crippen molar-refractivity contribution in [2.24, 2.45) is 5.73 Å². The predicted octanol–water partition coefficient (Wildman–Crippen LogP) is 1.51. The number of nitrogens with one attached hydrogen (secondary N) is 1. The molecule has 1 aromatic heterocycles. The average Bonchev–Trinajstić information content (AvgIpc) is 2.72. The van der Waals surface area contributed by atoms with Crippen LogP contribution < -0.4 is 5.73 Å². The topological polar surface area (TPSA) is 82.3 Å². The van der Waals surface area contributed by atoms with Gasteiger partial charge in [0.25, 0.3) is 0 Å². The fourth-order valence-corrected chi connectivity index (χ4v) is 2.54. The molecule has 1 atom stereocenters. The molecule has 0 fully saturated rings. The van der Waals surface area contributed by atoms with Gasteiger partial charge in [0.1, 0.15) is 0 Å². The standard InChI is InChI=1S/C13H15N3O2S/c1-16(7-11(17)18)12(13(14)19)9-6-15-10-5-3-2-4-8(9)10/h2-6,12,15H,7H2,1H3,(H2,14,19)(H,17,18). The number of H-pyrrole nitrogens is 1. The van der Waals surface area contributed by atoms with Crippen molar-refractivity contribution >= 4 is 34.1 Å². The van der Waals surface area contributed by atoms with Crippen LogP contribution in [-0.4, -0.2) is 39.5 Å². The SMILES string of the molecule is CN(CC(=O)O)C(C(N)=S)c1c[nH]c2ccccc12. The number of aromatic amines is 1. The molecule has 0 amide bonds. The number of benzene rings is 1. The van der Waals surface area contributed by atoms with Gasteiger partial charge in [-0.1, -0.05) is 30.4 Å². The number of carboxylic acids is 1. The molecule has 100 valence electrons. The van der Waals surface area contributed by atoms with Gasteiger partial charge in [-0.25, -0.2) is 0 Å². The van der Waals surface area contributed by atoms with Gasteiger partial charge in [-0.3, -0.25) is 9.69 Å². The third-order valence-corrected chi connectivity index (χ3v) is 3.23. The molecule has 2 aromatic rings. The zero-order chi connectivity index (χ0) is 14.0. The zero-order valence-electron chi connectivity index (χ0n) is 10.5. The Hall–Kier alpha value is -1.92. The highest BCUT2D eigenvalue weighted by Gasteiger charge is 2.24. The number of nitrogens with two attached hydrogens (primary N) is 1. The minimum Gasteiger partial charge on any atom is -0.480 e. The Bertz CT molecular complexity index is 623. The van der Waals surface area contributed by atoms with Crippen LogP contribution in [0.15, 0.2) is 30.5 Å². The van der Waals surface area contributed by atoms with Crippen LogP contribution in [0.2, 0.25) is 0 Å². The molecule has 0 aliphatic rings. The molecular weight excluding hydrogens is 262 g/mol. The molecule has 0 saturated carbocycles. The van der Waals surface area contributed by atoms with Crippen LogP contribution >= 0.6 is 12.2 Å². The monoisotopic (exact) mass is 277 g/mol. The highest BCUT2D eigenvalue weighted by atomic mass is 32.1. The van der Waals surface area contributed by atoms with Crippen molar-refractivity contribution < 1.29 is 9.90 Å². The Kier molecular flexibility index (Phi) is 3.82. The van der Waals surface area contributed by atoms with Crippen LogP contribution in [0.3, 0.4) is 0 Å². The molecule has 0 bridgehead atoms. The fraction of sp³-hybridized carbons (Fsp3) is 0.231. The van der Waals surface area contributed by atoms with Crippen molar-refractivity contribution in [1.29, 1.82) is 0 Å². The number of likely N-dealkylation sites (N-methyl/N-ethyl adjacent to an activating group) is 1. The second kappa shape index (κ2) is 5.38. The lowest BCUT2D eigenvalue weighted by molar-refractivity contribution is -0.138. The van der Waals surface area contributed by atoms with Crippen molar-refractivity contribution in [2.75, 3.05) is 13.6 Å². The maximum atomic E-state index is 10.8. The highest BCUT2D eigenvalue weighted by molar-refractivity contribution is 7.80. The Balaban J connectivity index is 2.44. The molecule has 5 nitrogen and oxygen atoms in total. The van der Waals surface area contributed by atoms with E-state index in [1.807, 2.05) is 30.5 Å². The van der Waals surface area contributed by atoms with Crippen LogP contribution in [0.5, 0.6) is 0 Å². The number of rotatable bonds is 5. The Labute approximate surface area is 116 Å². The first-order valence-corrected chi connectivity index (χ1v) is 6.19. The lowest BCUT2D eigenvalue weighted by Gasteiger charge is -2.25. The van der Waals surface area contributed by atoms with Crippen molar-refractivity contribution in [2.45, 2.75) is 6.04 Å². The molecule has 0 saturated heterocycles. The summed E-state index contributed by atoms with van der Waals surface area (Å²) in [7, 11) is 1.69. The van der Waals surface area contributed by atoms with Crippen molar-refractivity contribution in [1.82, 2.24) is 9.88 Å². The first-order valence-electron chi connectivity index (χ1n) is 5.78. The van der Waals surface area contributed by atoms with Gasteiger partial charge >= 0.3 is 5.97 Å². The van der Waals surface area contributed by atoms with Crippen molar-refractivity contribution in [3.63, 3.8) is 0 Å². The van der Waals surface area contributed by atoms with Crippen molar-refractivity contribution in [3.05, 3.63) is 36.0 Å². The summed E-state index contributed by atoms with van der Waals surface area (Å²) in [6.45, 7) is -0.123. The zero-order valence-corrected chi connectivity index (χ0v) is 11.3. The number of hydrogen-bond donors (Lipinski definition) is 3. The smallest absolute Gasteiger partial charge is 0.317 e. The van der Waals surface area contributed by atoms with Crippen molar-refractivity contribution in [3.8, 4) is 0 Å². The van der Waals surface area contributed by atoms with E-state index in [2.05, 4.69) is 4.98 Å². The molecule has 0 radical (unpaired) electrons. The number of carbonyl (C=O) groups is 1. The van der Waals surface area contributed by atoms with E-state index in [4.69, 9.17) is 23.1 Å². The summed E-state index contributed by atoms with van der Waals surface area (Å²) in [5.74, 6) is -0.913. The van der Waals surface area contributed by atoms with E-state index in [1.165, 1.54) is 0 Å². The van der Waals surface area contributed by atoms with E-state index in [0.717, 1.165) is 16.5 Å². The van der Waals surface area contributed by atoms with Crippen LogP contribution in [-0.2, 0) is 4.79 Å².